The van der Waals surface area contributed by atoms with E-state index in [0.717, 1.165) is 5.56 Å². The van der Waals surface area contributed by atoms with Crippen molar-refractivity contribution in [3.63, 3.8) is 0 Å². The topological polar surface area (TPSA) is 40.5 Å². The average molecular weight is 310 g/mol. The Morgan fingerprint density at radius 3 is 2.65 bits per heavy atom. The number of aliphatic carboxylic acids is 1. The summed E-state index contributed by atoms with van der Waals surface area (Å²) in [5.74, 6) is -0.731. The monoisotopic (exact) mass is 309 g/mol. The standard InChI is InChI=1S/C15H15NO2S.ClH/c17-15(18)14-8-11-4-1-2-5-12(11)9-16(14)10-13-6-3-7-19-13;/h1-7,14H,8-10H2,(H,17,18);1H. The lowest BCUT2D eigenvalue weighted by molar-refractivity contribution is -0.144. The third-order valence-corrected chi connectivity index (χ3v) is 4.43. The molecule has 0 saturated heterocycles. The van der Waals surface area contributed by atoms with Crippen molar-refractivity contribution >= 4 is 29.7 Å². The minimum atomic E-state index is -0.731. The lowest BCUT2D eigenvalue weighted by Gasteiger charge is -2.34. The molecule has 0 fully saturated rings. The molecule has 0 aliphatic carbocycles. The number of carbonyl (C=O) groups is 1. The largest absolute Gasteiger partial charge is 0.480 e. The van der Waals surface area contributed by atoms with Gasteiger partial charge in [-0.25, -0.2) is 0 Å². The summed E-state index contributed by atoms with van der Waals surface area (Å²) in [6.45, 7) is 1.42. The summed E-state index contributed by atoms with van der Waals surface area (Å²) in [5, 5.41) is 11.5. The number of nitrogens with zero attached hydrogens (tertiary/aromatic N) is 1. The molecule has 1 aromatic carbocycles. The van der Waals surface area contributed by atoms with E-state index >= 15 is 0 Å². The fourth-order valence-electron chi connectivity index (χ4n) is 2.59. The summed E-state index contributed by atoms with van der Waals surface area (Å²) < 4.78 is 0. The van der Waals surface area contributed by atoms with Gasteiger partial charge in [0.2, 0.25) is 0 Å². The first-order chi connectivity index (χ1) is 9.24. The number of halogens is 1. The van der Waals surface area contributed by atoms with Gasteiger partial charge in [0.15, 0.2) is 0 Å². The van der Waals surface area contributed by atoms with Gasteiger partial charge < -0.3 is 5.11 Å². The molecule has 1 N–H and O–H groups in total. The molecule has 1 atom stereocenters. The van der Waals surface area contributed by atoms with E-state index in [4.69, 9.17) is 0 Å². The van der Waals surface area contributed by atoms with Crippen LogP contribution in [0.3, 0.4) is 0 Å². The first kappa shape index (κ1) is 15.0. The third kappa shape index (κ3) is 3.03. The molecule has 1 aliphatic rings. The molecule has 2 heterocycles. The van der Waals surface area contributed by atoms with Crippen molar-refractivity contribution < 1.29 is 9.90 Å². The molecule has 0 spiro atoms. The number of carboxylic acids is 1. The zero-order valence-corrected chi connectivity index (χ0v) is 12.5. The normalized spacial score (nSPS) is 18.1. The second-order valence-electron chi connectivity index (χ2n) is 4.81. The second-order valence-corrected chi connectivity index (χ2v) is 5.84. The summed E-state index contributed by atoms with van der Waals surface area (Å²) in [7, 11) is 0. The van der Waals surface area contributed by atoms with Crippen LogP contribution in [0.15, 0.2) is 41.8 Å². The quantitative estimate of drug-likeness (QED) is 0.946. The maximum Gasteiger partial charge on any atom is 0.321 e. The van der Waals surface area contributed by atoms with Gasteiger partial charge in [-0.15, -0.1) is 23.7 Å². The molecule has 3 nitrogen and oxygen atoms in total. The van der Waals surface area contributed by atoms with E-state index in [1.807, 2.05) is 29.6 Å². The number of rotatable bonds is 3. The van der Waals surface area contributed by atoms with Crippen LogP contribution in [0.2, 0.25) is 0 Å². The molecule has 0 saturated carbocycles. The molecular formula is C15H16ClNO2S. The van der Waals surface area contributed by atoms with Crippen molar-refractivity contribution in [1.82, 2.24) is 4.90 Å². The van der Waals surface area contributed by atoms with E-state index in [0.29, 0.717) is 19.5 Å². The number of hydrogen-bond donors (Lipinski definition) is 1. The number of fused-ring (bicyclic) bond motifs is 1. The van der Waals surface area contributed by atoms with Crippen molar-refractivity contribution in [2.45, 2.75) is 25.6 Å². The maximum atomic E-state index is 11.5. The van der Waals surface area contributed by atoms with Gasteiger partial charge in [-0.2, -0.15) is 0 Å². The zero-order chi connectivity index (χ0) is 13.2. The minimum absolute atomic E-state index is 0. The van der Waals surface area contributed by atoms with Crippen LogP contribution in [-0.2, 0) is 24.3 Å². The molecule has 20 heavy (non-hydrogen) atoms. The Kier molecular flexibility index (Phi) is 4.81. The fraction of sp³-hybridized carbons (Fsp3) is 0.267. The lowest BCUT2D eigenvalue weighted by atomic mass is 9.94. The van der Waals surface area contributed by atoms with Crippen LogP contribution in [-0.4, -0.2) is 22.0 Å². The van der Waals surface area contributed by atoms with E-state index in [1.165, 1.54) is 10.4 Å². The zero-order valence-electron chi connectivity index (χ0n) is 10.9. The van der Waals surface area contributed by atoms with Crippen molar-refractivity contribution in [2.24, 2.45) is 0 Å². The molecule has 0 amide bonds. The number of carboxylic acid groups (broad SMARTS) is 1. The number of thiophene rings is 1. The summed E-state index contributed by atoms with van der Waals surface area (Å²) >= 11 is 1.68. The molecular weight excluding hydrogens is 294 g/mol. The van der Waals surface area contributed by atoms with Crippen molar-refractivity contribution in [1.29, 1.82) is 0 Å². The highest BCUT2D eigenvalue weighted by Gasteiger charge is 2.31. The van der Waals surface area contributed by atoms with E-state index in [-0.39, 0.29) is 12.4 Å². The molecule has 1 aromatic heterocycles. The van der Waals surface area contributed by atoms with Gasteiger partial charge in [-0.3, -0.25) is 9.69 Å². The third-order valence-electron chi connectivity index (χ3n) is 3.57. The Hall–Kier alpha value is -1.36. The molecule has 5 heteroatoms. The van der Waals surface area contributed by atoms with Gasteiger partial charge >= 0.3 is 5.97 Å². The predicted octanol–water partition coefficient (Wildman–Crippen LogP) is 3.18. The SMILES string of the molecule is Cl.O=C(O)C1Cc2ccccc2CN1Cc1cccs1. The molecule has 106 valence electrons. The maximum absolute atomic E-state index is 11.5. The smallest absolute Gasteiger partial charge is 0.321 e. The van der Waals surface area contributed by atoms with Gasteiger partial charge in [-0.05, 0) is 29.0 Å². The molecule has 2 aromatic rings. The van der Waals surface area contributed by atoms with Crippen molar-refractivity contribution in [3.8, 4) is 0 Å². The lowest BCUT2D eigenvalue weighted by Crippen LogP contribution is -2.44. The van der Waals surface area contributed by atoms with Crippen molar-refractivity contribution in [3.05, 3.63) is 57.8 Å². The highest BCUT2D eigenvalue weighted by Crippen LogP contribution is 2.26. The summed E-state index contributed by atoms with van der Waals surface area (Å²) in [5.41, 5.74) is 2.41. The average Bonchev–Trinajstić information content (AvgIpc) is 2.90. The van der Waals surface area contributed by atoms with Crippen LogP contribution in [0.5, 0.6) is 0 Å². The molecule has 1 unspecified atom stereocenters. The molecule has 0 radical (unpaired) electrons. The molecule has 0 bridgehead atoms. The second kappa shape index (κ2) is 6.39. The van der Waals surface area contributed by atoms with Gasteiger partial charge in [0.1, 0.15) is 6.04 Å². The van der Waals surface area contributed by atoms with Gasteiger partial charge in [0.05, 0.1) is 0 Å². The predicted molar refractivity (Wildman–Crippen MR) is 82.4 cm³/mol. The first-order valence-electron chi connectivity index (χ1n) is 6.30. The van der Waals surface area contributed by atoms with Crippen molar-refractivity contribution in [2.75, 3.05) is 0 Å². The highest BCUT2D eigenvalue weighted by atomic mass is 35.5. The van der Waals surface area contributed by atoms with Crippen LogP contribution >= 0.6 is 23.7 Å². The fourth-order valence-corrected chi connectivity index (χ4v) is 3.32. The van der Waals surface area contributed by atoms with Crippen LogP contribution in [0, 0.1) is 0 Å². The highest BCUT2D eigenvalue weighted by molar-refractivity contribution is 7.09. The van der Waals surface area contributed by atoms with Gasteiger partial charge in [0, 0.05) is 18.0 Å². The summed E-state index contributed by atoms with van der Waals surface area (Å²) in [6.07, 6.45) is 0.594. The van der Waals surface area contributed by atoms with Gasteiger partial charge in [-0.1, -0.05) is 30.3 Å². The van der Waals surface area contributed by atoms with Gasteiger partial charge in [0.25, 0.3) is 0 Å². The van der Waals surface area contributed by atoms with E-state index in [1.54, 1.807) is 11.3 Å². The van der Waals surface area contributed by atoms with Crippen LogP contribution < -0.4 is 0 Å². The minimum Gasteiger partial charge on any atom is -0.480 e. The van der Waals surface area contributed by atoms with Crippen LogP contribution in [0.4, 0.5) is 0 Å². The Balaban J connectivity index is 0.00000147. The number of benzene rings is 1. The van der Waals surface area contributed by atoms with Crippen LogP contribution in [0.1, 0.15) is 16.0 Å². The Bertz CT molecular complexity index is 585. The van der Waals surface area contributed by atoms with E-state index in [2.05, 4.69) is 17.0 Å². The molecule has 1 aliphatic heterocycles. The summed E-state index contributed by atoms with van der Waals surface area (Å²) in [4.78, 5) is 14.7. The number of hydrogen-bond acceptors (Lipinski definition) is 3. The Morgan fingerprint density at radius 1 is 1.25 bits per heavy atom. The van der Waals surface area contributed by atoms with E-state index in [9.17, 15) is 9.90 Å². The Labute approximate surface area is 128 Å². The first-order valence-corrected chi connectivity index (χ1v) is 7.18. The van der Waals surface area contributed by atoms with E-state index < -0.39 is 12.0 Å². The summed E-state index contributed by atoms with van der Waals surface area (Å²) in [6, 6.07) is 11.8. The van der Waals surface area contributed by atoms with Crippen LogP contribution in [0.25, 0.3) is 0 Å². The Morgan fingerprint density at radius 2 is 2.00 bits per heavy atom. The molecule has 3 rings (SSSR count).